The van der Waals surface area contributed by atoms with Gasteiger partial charge >= 0.3 is 0 Å². The third-order valence-electron chi connectivity index (χ3n) is 7.65. The van der Waals surface area contributed by atoms with E-state index in [9.17, 15) is 28.8 Å². The molecule has 238 valence electrons. The van der Waals surface area contributed by atoms with Crippen molar-refractivity contribution in [1.82, 2.24) is 25.8 Å². The lowest BCUT2D eigenvalue weighted by atomic mass is 10.0. The van der Waals surface area contributed by atoms with Crippen LogP contribution in [0.25, 0.3) is 10.9 Å². The Hall–Kier alpha value is -4.45. The molecule has 4 rings (SSSR count). The van der Waals surface area contributed by atoms with E-state index in [4.69, 9.17) is 0 Å². The van der Waals surface area contributed by atoms with Crippen molar-refractivity contribution in [1.29, 1.82) is 0 Å². The number of nitrogens with zero attached hydrogens (tertiary/aromatic N) is 1. The van der Waals surface area contributed by atoms with Crippen LogP contribution < -0.4 is 16.0 Å². The lowest BCUT2D eigenvalue weighted by molar-refractivity contribution is -0.132. The highest BCUT2D eigenvalue weighted by molar-refractivity contribution is 8.14. The summed E-state index contributed by atoms with van der Waals surface area (Å²) in [5.41, 5.74) is 2.46. The van der Waals surface area contributed by atoms with Gasteiger partial charge in [0.1, 0.15) is 12.1 Å². The van der Waals surface area contributed by atoms with Gasteiger partial charge in [0.25, 0.3) is 11.8 Å². The first kappa shape index (κ1) is 33.4. The van der Waals surface area contributed by atoms with Gasteiger partial charge in [-0.3, -0.25) is 33.7 Å². The number of thioether (sulfide) groups is 1. The van der Waals surface area contributed by atoms with Crippen LogP contribution in [0.1, 0.15) is 66.3 Å². The molecule has 5 amide bonds. The molecule has 1 aromatic heterocycles. The van der Waals surface area contributed by atoms with Crippen molar-refractivity contribution < 1.29 is 28.8 Å². The largest absolute Gasteiger partial charge is 0.361 e. The molecule has 0 saturated heterocycles. The van der Waals surface area contributed by atoms with Gasteiger partial charge in [-0.15, -0.1) is 0 Å². The molecular formula is C33H39N5O6S. The first-order valence-electron chi connectivity index (χ1n) is 15.0. The molecule has 0 bridgehead atoms. The van der Waals surface area contributed by atoms with Gasteiger partial charge in [-0.05, 0) is 48.9 Å². The van der Waals surface area contributed by atoms with Crippen molar-refractivity contribution >= 4 is 57.3 Å². The molecule has 0 spiro atoms. The molecule has 2 heterocycles. The Morgan fingerprint density at radius 2 is 1.49 bits per heavy atom. The number of carbonyl (C=O) groups excluding carboxylic acids is 6. The summed E-state index contributed by atoms with van der Waals surface area (Å²) in [5.74, 6) is -2.14. The summed E-state index contributed by atoms with van der Waals surface area (Å²) in [6, 6.07) is 12.4. The van der Waals surface area contributed by atoms with Gasteiger partial charge in [0.15, 0.2) is 5.12 Å². The maximum absolute atomic E-state index is 13.6. The van der Waals surface area contributed by atoms with Crippen LogP contribution in [0.15, 0.2) is 54.7 Å². The number of hydrogen-bond donors (Lipinski definition) is 4. The van der Waals surface area contributed by atoms with E-state index in [1.165, 1.54) is 14.0 Å². The van der Waals surface area contributed by atoms with Crippen LogP contribution in [0.4, 0.5) is 0 Å². The summed E-state index contributed by atoms with van der Waals surface area (Å²) in [6.07, 6.45) is 2.83. The molecule has 0 radical (unpaired) electrons. The fourth-order valence-electron chi connectivity index (χ4n) is 5.46. The fraction of sp³-hybridized carbons (Fsp3) is 0.394. The summed E-state index contributed by atoms with van der Waals surface area (Å²) in [6.45, 7) is 5.27. The Morgan fingerprint density at radius 3 is 2.11 bits per heavy atom. The smallest absolute Gasteiger partial charge is 0.261 e. The van der Waals surface area contributed by atoms with Gasteiger partial charge in [-0.25, -0.2) is 0 Å². The molecule has 11 nitrogen and oxygen atoms in total. The maximum atomic E-state index is 13.6. The minimum absolute atomic E-state index is 0.0286. The highest BCUT2D eigenvalue weighted by Crippen LogP contribution is 2.25. The number of para-hydroxylation sites is 1. The van der Waals surface area contributed by atoms with Crippen molar-refractivity contribution in [2.75, 3.05) is 13.6 Å². The van der Waals surface area contributed by atoms with Gasteiger partial charge in [-0.2, -0.15) is 0 Å². The van der Waals surface area contributed by atoms with Crippen molar-refractivity contribution in [3.05, 3.63) is 71.4 Å². The summed E-state index contributed by atoms with van der Waals surface area (Å²) in [4.78, 5) is 81.8. The van der Waals surface area contributed by atoms with Gasteiger partial charge in [0, 0.05) is 44.0 Å². The van der Waals surface area contributed by atoms with Crippen LogP contribution in [-0.4, -0.2) is 75.5 Å². The topological polar surface area (TPSA) is 158 Å². The number of amides is 5. The molecule has 1 aliphatic heterocycles. The predicted octanol–water partition coefficient (Wildman–Crippen LogP) is 3.20. The van der Waals surface area contributed by atoms with E-state index in [-0.39, 0.29) is 54.6 Å². The number of nitrogens with one attached hydrogen (secondary N) is 4. The molecular weight excluding hydrogens is 594 g/mol. The predicted molar refractivity (Wildman–Crippen MR) is 172 cm³/mol. The first-order chi connectivity index (χ1) is 21.5. The van der Waals surface area contributed by atoms with E-state index in [2.05, 4.69) is 20.9 Å². The highest BCUT2D eigenvalue weighted by Gasteiger charge is 2.35. The van der Waals surface area contributed by atoms with Gasteiger partial charge in [0.05, 0.1) is 16.4 Å². The molecule has 12 heteroatoms. The normalized spacial score (nSPS) is 14.6. The number of aromatic amines is 1. The summed E-state index contributed by atoms with van der Waals surface area (Å²) in [7, 11) is 1.50. The minimum Gasteiger partial charge on any atom is -0.361 e. The number of likely N-dealkylation sites (N-methyl/N-ethyl adjacent to an activating group) is 1. The van der Waals surface area contributed by atoms with Gasteiger partial charge < -0.3 is 20.9 Å². The van der Waals surface area contributed by atoms with E-state index in [1.54, 1.807) is 24.3 Å². The van der Waals surface area contributed by atoms with Crippen molar-refractivity contribution in [3.63, 3.8) is 0 Å². The van der Waals surface area contributed by atoms with Crippen molar-refractivity contribution in [3.8, 4) is 0 Å². The monoisotopic (exact) mass is 633 g/mol. The number of fused-ring (bicyclic) bond motifs is 2. The van der Waals surface area contributed by atoms with Crippen LogP contribution in [0, 0.1) is 5.92 Å². The van der Waals surface area contributed by atoms with E-state index in [1.807, 2.05) is 44.3 Å². The van der Waals surface area contributed by atoms with Crippen LogP contribution in [0.3, 0.4) is 0 Å². The van der Waals surface area contributed by atoms with Crippen molar-refractivity contribution in [2.24, 2.45) is 5.92 Å². The summed E-state index contributed by atoms with van der Waals surface area (Å²) < 4.78 is 0. The second kappa shape index (κ2) is 15.0. The van der Waals surface area contributed by atoms with Gasteiger partial charge in [0.2, 0.25) is 17.7 Å². The minimum atomic E-state index is -0.959. The Balaban J connectivity index is 1.43. The van der Waals surface area contributed by atoms with Gasteiger partial charge in [-0.1, -0.05) is 55.9 Å². The van der Waals surface area contributed by atoms with E-state index >= 15 is 0 Å². The standard InChI is InChI=1S/C33H39N5O6S/c1-19(2)16-26(30(41)36-27(29(40)34-4)17-21-18-35-25-13-8-7-10-22(21)25)37-31(42)28(45-20(3)39)14-9-15-38-32(43)23-11-5-6-12-24(23)33(38)44/h5-8,10-13,18-19,26-28,35H,9,14-17H2,1-4H3,(H,34,40)(H,36,41)(H,37,42)/t26-,27+,28?/m1/s1. The molecule has 0 saturated carbocycles. The second-order valence-electron chi connectivity index (χ2n) is 11.5. The average molecular weight is 634 g/mol. The van der Waals surface area contributed by atoms with E-state index in [0.717, 1.165) is 33.1 Å². The quantitative estimate of drug-likeness (QED) is 0.199. The molecule has 2 aromatic carbocycles. The highest BCUT2D eigenvalue weighted by atomic mass is 32.2. The van der Waals surface area contributed by atoms with Crippen LogP contribution >= 0.6 is 11.8 Å². The molecule has 4 N–H and O–H groups in total. The number of imide groups is 1. The van der Waals surface area contributed by atoms with E-state index < -0.39 is 29.1 Å². The number of aromatic nitrogens is 1. The number of benzene rings is 2. The summed E-state index contributed by atoms with van der Waals surface area (Å²) in [5, 5.41) is 8.05. The third-order valence-corrected chi connectivity index (χ3v) is 8.71. The second-order valence-corrected chi connectivity index (χ2v) is 12.9. The molecule has 45 heavy (non-hydrogen) atoms. The lowest BCUT2D eigenvalue weighted by Gasteiger charge is -2.25. The Bertz CT molecular complexity index is 1570. The molecule has 1 unspecified atom stereocenters. The van der Waals surface area contributed by atoms with Crippen LogP contribution in [0.2, 0.25) is 0 Å². The van der Waals surface area contributed by atoms with Crippen molar-refractivity contribution in [2.45, 2.75) is 63.8 Å². The van der Waals surface area contributed by atoms with E-state index in [0.29, 0.717) is 17.5 Å². The summed E-state index contributed by atoms with van der Waals surface area (Å²) >= 11 is 0.839. The zero-order chi connectivity index (χ0) is 32.7. The fourth-order valence-corrected chi connectivity index (χ4v) is 6.32. The molecule has 1 aliphatic rings. The third kappa shape index (κ3) is 8.18. The zero-order valence-corrected chi connectivity index (χ0v) is 26.7. The van der Waals surface area contributed by atoms with Crippen LogP contribution in [-0.2, 0) is 25.6 Å². The number of carbonyl (C=O) groups is 6. The number of rotatable bonds is 14. The molecule has 3 aromatic rings. The zero-order valence-electron chi connectivity index (χ0n) is 25.8. The maximum Gasteiger partial charge on any atom is 0.261 e. The number of H-pyrrole nitrogens is 1. The SMILES string of the molecule is CNC(=O)[C@H](Cc1c[nH]c2ccccc12)NC(=O)[C@@H](CC(C)C)NC(=O)C(CCCN1C(=O)c2ccccc2C1=O)SC(C)=O. The molecule has 0 aliphatic carbocycles. The van der Waals surface area contributed by atoms with Crippen LogP contribution in [0.5, 0.6) is 0 Å². The number of hydrogen-bond acceptors (Lipinski definition) is 7. The Labute approximate surface area is 266 Å². The molecule has 0 fully saturated rings. The molecule has 3 atom stereocenters. The Morgan fingerprint density at radius 1 is 0.867 bits per heavy atom. The lowest BCUT2D eigenvalue weighted by Crippen LogP contribution is -2.55. The Kier molecular flexibility index (Phi) is 11.2. The first-order valence-corrected chi connectivity index (χ1v) is 15.9. The average Bonchev–Trinajstić information content (AvgIpc) is 3.53.